The van der Waals surface area contributed by atoms with Gasteiger partial charge in [0, 0.05) is 43.2 Å². The number of halogens is 3. The number of fused-ring (bicyclic) bond motifs is 1. The van der Waals surface area contributed by atoms with Crippen LogP contribution in [0.1, 0.15) is 5.82 Å². The summed E-state index contributed by atoms with van der Waals surface area (Å²) in [6, 6.07) is 7.16. The molecule has 0 bridgehead atoms. The maximum Gasteiger partial charge on any atom is 0.449 e. The van der Waals surface area contributed by atoms with Gasteiger partial charge in [-0.3, -0.25) is 0 Å². The third-order valence-electron chi connectivity index (χ3n) is 3.99. The van der Waals surface area contributed by atoms with Crippen LogP contribution in [0.25, 0.3) is 11.2 Å². The number of carbonyl (C=O) groups is 1. The Morgan fingerprint density at radius 1 is 1.17 bits per heavy atom. The smallest absolute Gasteiger partial charge is 0.449 e. The number of imidazole rings is 1. The van der Waals surface area contributed by atoms with Gasteiger partial charge in [0.2, 0.25) is 5.82 Å². The molecule has 2 amide bonds. The van der Waals surface area contributed by atoms with E-state index in [2.05, 4.69) is 20.6 Å². The normalized spacial score (nSPS) is 11.3. The third-order valence-corrected chi connectivity index (χ3v) is 3.99. The van der Waals surface area contributed by atoms with E-state index >= 15 is 0 Å². The summed E-state index contributed by atoms with van der Waals surface area (Å²) < 4.78 is 51.0. The zero-order valence-corrected chi connectivity index (χ0v) is 15.6. The van der Waals surface area contributed by atoms with Gasteiger partial charge in [-0.2, -0.15) is 13.2 Å². The van der Waals surface area contributed by atoms with Gasteiger partial charge in [0.05, 0.1) is 14.2 Å². The predicted octanol–water partition coefficient (Wildman–Crippen LogP) is 3.29. The number of pyridine rings is 1. The van der Waals surface area contributed by atoms with Gasteiger partial charge in [0.15, 0.2) is 5.65 Å². The molecule has 0 radical (unpaired) electrons. The average Bonchev–Trinajstić information content (AvgIpc) is 3.07. The maximum absolute atomic E-state index is 13.3. The van der Waals surface area contributed by atoms with Gasteiger partial charge >= 0.3 is 12.2 Å². The molecule has 0 saturated carbocycles. The van der Waals surface area contributed by atoms with Gasteiger partial charge in [0.25, 0.3) is 0 Å². The molecular formula is C18H18F3N5O3. The van der Waals surface area contributed by atoms with E-state index in [0.717, 1.165) is 4.57 Å². The molecule has 1 aromatic carbocycles. The molecule has 0 spiro atoms. The minimum Gasteiger partial charge on any atom is -0.497 e. The van der Waals surface area contributed by atoms with Crippen LogP contribution in [0.15, 0.2) is 36.5 Å². The molecule has 8 nitrogen and oxygen atoms in total. The topological polar surface area (TPSA) is 90.3 Å². The first-order valence-corrected chi connectivity index (χ1v) is 8.48. The quantitative estimate of drug-likeness (QED) is 0.652. The van der Waals surface area contributed by atoms with Crippen LogP contribution in [0.3, 0.4) is 0 Å². The number of nitrogens with one attached hydrogen (secondary N) is 2. The molecule has 0 saturated heterocycles. The molecule has 0 aliphatic rings. The van der Waals surface area contributed by atoms with Crippen LogP contribution >= 0.6 is 0 Å². The predicted molar refractivity (Wildman–Crippen MR) is 99.1 cm³/mol. The number of hydrogen-bond acceptors (Lipinski definition) is 5. The van der Waals surface area contributed by atoms with Crippen molar-refractivity contribution in [2.45, 2.75) is 12.7 Å². The van der Waals surface area contributed by atoms with Crippen molar-refractivity contribution in [3.05, 3.63) is 42.4 Å². The molecule has 2 heterocycles. The van der Waals surface area contributed by atoms with E-state index in [4.69, 9.17) is 9.47 Å². The zero-order valence-electron chi connectivity index (χ0n) is 15.6. The van der Waals surface area contributed by atoms with Crippen LogP contribution in [0, 0.1) is 0 Å². The Balaban J connectivity index is 1.68. The number of aromatic nitrogens is 3. The number of hydrogen-bond donors (Lipinski definition) is 2. The highest BCUT2D eigenvalue weighted by Gasteiger charge is 2.37. The van der Waals surface area contributed by atoms with Crippen molar-refractivity contribution in [3.63, 3.8) is 0 Å². The standard InChI is InChI=1S/C18H18F3N5O3/c1-28-12-8-11(9-13(10-12)29-2)24-17(27)23-6-7-26-15-14(4-3-5-22-15)25-16(26)18(19,20)21/h3-5,8-10H,6-7H2,1-2H3,(H2,23,24,27). The molecule has 0 atom stereocenters. The molecule has 3 aromatic rings. The summed E-state index contributed by atoms with van der Waals surface area (Å²) in [5, 5.41) is 5.09. The molecule has 154 valence electrons. The molecule has 2 N–H and O–H groups in total. The number of urea groups is 1. The van der Waals surface area contributed by atoms with Gasteiger partial charge in [0.1, 0.15) is 17.0 Å². The number of benzene rings is 1. The summed E-state index contributed by atoms with van der Waals surface area (Å²) in [5.74, 6) is -0.109. The Morgan fingerprint density at radius 2 is 1.86 bits per heavy atom. The number of rotatable bonds is 6. The van der Waals surface area contributed by atoms with Crippen molar-refractivity contribution in [1.82, 2.24) is 19.9 Å². The minimum atomic E-state index is -4.64. The highest BCUT2D eigenvalue weighted by molar-refractivity contribution is 5.89. The lowest BCUT2D eigenvalue weighted by molar-refractivity contribution is -0.146. The van der Waals surface area contributed by atoms with Gasteiger partial charge in [-0.15, -0.1) is 0 Å². The van der Waals surface area contributed by atoms with Gasteiger partial charge in [-0.25, -0.2) is 14.8 Å². The average molecular weight is 409 g/mol. The Morgan fingerprint density at radius 3 is 2.48 bits per heavy atom. The van der Waals surface area contributed by atoms with Crippen molar-refractivity contribution in [3.8, 4) is 11.5 Å². The first-order chi connectivity index (χ1) is 13.8. The second-order valence-electron chi connectivity index (χ2n) is 5.91. The molecule has 2 aromatic heterocycles. The summed E-state index contributed by atoms with van der Waals surface area (Å²) in [6.07, 6.45) is -3.25. The van der Waals surface area contributed by atoms with Crippen molar-refractivity contribution in [1.29, 1.82) is 0 Å². The lowest BCUT2D eigenvalue weighted by Crippen LogP contribution is -2.32. The molecule has 0 fully saturated rings. The molecule has 29 heavy (non-hydrogen) atoms. The fraction of sp³-hybridized carbons (Fsp3) is 0.278. The second-order valence-corrected chi connectivity index (χ2v) is 5.91. The van der Waals surface area contributed by atoms with E-state index in [9.17, 15) is 18.0 Å². The second kappa shape index (κ2) is 8.25. The van der Waals surface area contributed by atoms with Crippen LogP contribution in [0.4, 0.5) is 23.7 Å². The molecule has 11 heteroatoms. The Bertz CT molecular complexity index is 997. The summed E-state index contributed by atoms with van der Waals surface area (Å²) in [4.78, 5) is 19.7. The number of carbonyl (C=O) groups excluding carboxylic acids is 1. The Hall–Kier alpha value is -3.50. The summed E-state index contributed by atoms with van der Waals surface area (Å²) >= 11 is 0. The number of alkyl halides is 3. The van der Waals surface area contributed by atoms with Crippen molar-refractivity contribution < 1.29 is 27.4 Å². The highest BCUT2D eigenvalue weighted by atomic mass is 19.4. The van der Waals surface area contributed by atoms with E-state index in [1.54, 1.807) is 18.2 Å². The summed E-state index contributed by atoms with van der Waals surface area (Å²) in [7, 11) is 2.95. The zero-order chi connectivity index (χ0) is 21.0. The monoisotopic (exact) mass is 409 g/mol. The Labute approximate surface area is 163 Å². The van der Waals surface area contributed by atoms with Crippen molar-refractivity contribution in [2.75, 3.05) is 26.1 Å². The van der Waals surface area contributed by atoms with E-state index in [1.807, 2.05) is 0 Å². The number of methoxy groups -OCH3 is 2. The lowest BCUT2D eigenvalue weighted by Gasteiger charge is -2.13. The Kier molecular flexibility index (Phi) is 5.76. The van der Waals surface area contributed by atoms with Crippen LogP contribution in [-0.2, 0) is 12.7 Å². The van der Waals surface area contributed by atoms with Crippen LogP contribution in [-0.4, -0.2) is 41.3 Å². The number of nitrogens with zero attached hydrogens (tertiary/aromatic N) is 3. The third kappa shape index (κ3) is 4.68. The SMILES string of the molecule is COc1cc(NC(=O)NCCn2c(C(F)(F)F)nc3cccnc32)cc(OC)c1. The van der Waals surface area contributed by atoms with E-state index < -0.39 is 18.0 Å². The number of amides is 2. The largest absolute Gasteiger partial charge is 0.497 e. The highest BCUT2D eigenvalue weighted by Crippen LogP contribution is 2.30. The summed E-state index contributed by atoms with van der Waals surface area (Å²) in [5.41, 5.74) is 0.636. The number of anilines is 1. The van der Waals surface area contributed by atoms with Crippen LogP contribution < -0.4 is 20.1 Å². The fourth-order valence-electron chi connectivity index (χ4n) is 2.72. The minimum absolute atomic E-state index is 0.0714. The van der Waals surface area contributed by atoms with E-state index in [0.29, 0.717) is 17.2 Å². The van der Waals surface area contributed by atoms with E-state index in [1.165, 1.54) is 32.5 Å². The number of ether oxygens (including phenoxy) is 2. The molecule has 3 rings (SSSR count). The molecule has 0 unspecified atom stereocenters. The molecular weight excluding hydrogens is 391 g/mol. The van der Waals surface area contributed by atoms with Gasteiger partial charge < -0.3 is 24.7 Å². The van der Waals surface area contributed by atoms with Gasteiger partial charge in [-0.05, 0) is 12.1 Å². The lowest BCUT2D eigenvalue weighted by atomic mass is 10.3. The first kappa shape index (κ1) is 20.2. The van der Waals surface area contributed by atoms with Gasteiger partial charge in [-0.1, -0.05) is 0 Å². The van der Waals surface area contributed by atoms with Crippen LogP contribution in [0.5, 0.6) is 11.5 Å². The van der Waals surface area contributed by atoms with Crippen molar-refractivity contribution in [2.24, 2.45) is 0 Å². The summed E-state index contributed by atoms with van der Waals surface area (Å²) in [6.45, 7) is -0.227. The molecule has 0 aliphatic heterocycles. The molecule has 0 aliphatic carbocycles. The maximum atomic E-state index is 13.3. The van der Waals surface area contributed by atoms with E-state index in [-0.39, 0.29) is 24.3 Å². The first-order valence-electron chi connectivity index (χ1n) is 8.48. The van der Waals surface area contributed by atoms with Crippen LogP contribution in [0.2, 0.25) is 0 Å². The van der Waals surface area contributed by atoms with Crippen molar-refractivity contribution >= 4 is 22.9 Å². The fourth-order valence-corrected chi connectivity index (χ4v) is 2.72.